The van der Waals surface area contributed by atoms with Crippen molar-refractivity contribution in [3.05, 3.63) is 42.0 Å². The number of nitrogens with zero attached hydrogens (tertiary/aromatic N) is 1. The van der Waals surface area contributed by atoms with Crippen LogP contribution < -0.4 is 5.73 Å². The lowest BCUT2D eigenvalue weighted by Gasteiger charge is -2.25. The zero-order valence-electron chi connectivity index (χ0n) is 10.9. The van der Waals surface area contributed by atoms with Crippen molar-refractivity contribution in [3.63, 3.8) is 0 Å². The van der Waals surface area contributed by atoms with Crippen LogP contribution in [0.5, 0.6) is 5.75 Å². The number of phenols is 1. The summed E-state index contributed by atoms with van der Waals surface area (Å²) in [6.07, 6.45) is 0. The van der Waals surface area contributed by atoms with Crippen LogP contribution in [0.2, 0.25) is 0 Å². The number of fused-ring (bicyclic) bond motifs is 1. The third-order valence-corrected chi connectivity index (χ3v) is 3.52. The van der Waals surface area contributed by atoms with E-state index in [1.807, 2.05) is 37.4 Å². The summed E-state index contributed by atoms with van der Waals surface area (Å²) in [6.45, 7) is 3.52. The number of hydrogen-bond donors (Lipinski definition) is 2. The summed E-state index contributed by atoms with van der Waals surface area (Å²) in [4.78, 5) is 2.14. The molecule has 0 aliphatic carbocycles. The van der Waals surface area contributed by atoms with Gasteiger partial charge in [-0.25, -0.2) is 0 Å². The molecule has 1 unspecified atom stereocenters. The SMILES string of the molecule is CC(c1ccc2ccccc2c1O)N(C)CCN. The van der Waals surface area contributed by atoms with Gasteiger partial charge in [-0.2, -0.15) is 0 Å². The van der Waals surface area contributed by atoms with Gasteiger partial charge < -0.3 is 10.8 Å². The summed E-state index contributed by atoms with van der Waals surface area (Å²) >= 11 is 0. The number of benzene rings is 2. The van der Waals surface area contributed by atoms with Gasteiger partial charge in [-0.3, -0.25) is 4.90 Å². The molecule has 0 aromatic heterocycles. The fourth-order valence-electron chi connectivity index (χ4n) is 2.24. The van der Waals surface area contributed by atoms with Gasteiger partial charge in [0.1, 0.15) is 5.75 Å². The molecule has 0 fully saturated rings. The van der Waals surface area contributed by atoms with Crippen molar-refractivity contribution in [2.75, 3.05) is 20.1 Å². The molecule has 0 saturated heterocycles. The van der Waals surface area contributed by atoms with E-state index in [-0.39, 0.29) is 6.04 Å². The van der Waals surface area contributed by atoms with Crippen molar-refractivity contribution in [2.24, 2.45) is 5.73 Å². The Morgan fingerprint density at radius 1 is 1.22 bits per heavy atom. The monoisotopic (exact) mass is 244 g/mol. The second-order valence-electron chi connectivity index (χ2n) is 4.67. The molecular weight excluding hydrogens is 224 g/mol. The quantitative estimate of drug-likeness (QED) is 0.868. The number of rotatable bonds is 4. The number of aromatic hydroxyl groups is 1. The first-order valence-corrected chi connectivity index (χ1v) is 6.26. The molecule has 3 heteroatoms. The first-order chi connectivity index (χ1) is 8.65. The Balaban J connectivity index is 2.42. The van der Waals surface area contributed by atoms with Gasteiger partial charge in [0.25, 0.3) is 0 Å². The molecule has 0 amide bonds. The number of nitrogens with two attached hydrogens (primary N) is 1. The Morgan fingerprint density at radius 3 is 2.67 bits per heavy atom. The van der Waals surface area contributed by atoms with Crippen LogP contribution in [0.3, 0.4) is 0 Å². The van der Waals surface area contributed by atoms with Gasteiger partial charge in [0.2, 0.25) is 0 Å². The van der Waals surface area contributed by atoms with Crippen molar-refractivity contribution in [1.82, 2.24) is 4.90 Å². The van der Waals surface area contributed by atoms with E-state index in [9.17, 15) is 5.11 Å². The first-order valence-electron chi connectivity index (χ1n) is 6.26. The summed E-state index contributed by atoms with van der Waals surface area (Å²) in [6, 6.07) is 12.1. The minimum absolute atomic E-state index is 0.151. The summed E-state index contributed by atoms with van der Waals surface area (Å²) in [5, 5.41) is 12.3. The van der Waals surface area contributed by atoms with Crippen molar-refractivity contribution in [2.45, 2.75) is 13.0 Å². The third-order valence-electron chi connectivity index (χ3n) is 3.52. The van der Waals surface area contributed by atoms with E-state index in [1.54, 1.807) is 0 Å². The molecule has 0 spiro atoms. The van der Waals surface area contributed by atoms with Crippen LogP contribution in [-0.4, -0.2) is 30.1 Å². The minimum atomic E-state index is 0.151. The Bertz CT molecular complexity index is 539. The Labute approximate surface area is 108 Å². The highest BCUT2D eigenvalue weighted by Crippen LogP contribution is 2.34. The van der Waals surface area contributed by atoms with E-state index in [0.29, 0.717) is 12.3 Å². The smallest absolute Gasteiger partial charge is 0.128 e. The molecule has 0 aliphatic heterocycles. The van der Waals surface area contributed by atoms with Gasteiger partial charge in [-0.15, -0.1) is 0 Å². The van der Waals surface area contributed by atoms with Crippen molar-refractivity contribution >= 4 is 10.8 Å². The highest BCUT2D eigenvalue weighted by molar-refractivity contribution is 5.89. The molecule has 0 aliphatic rings. The van der Waals surface area contributed by atoms with E-state index in [2.05, 4.69) is 17.9 Å². The van der Waals surface area contributed by atoms with Gasteiger partial charge >= 0.3 is 0 Å². The summed E-state index contributed by atoms with van der Waals surface area (Å²) in [5.41, 5.74) is 6.52. The van der Waals surface area contributed by atoms with Gasteiger partial charge in [0.05, 0.1) is 0 Å². The predicted octanol–water partition coefficient (Wildman–Crippen LogP) is 2.50. The Hall–Kier alpha value is -1.58. The maximum Gasteiger partial charge on any atom is 0.128 e. The molecule has 2 aromatic rings. The third kappa shape index (κ3) is 2.33. The fourth-order valence-corrected chi connectivity index (χ4v) is 2.24. The zero-order valence-corrected chi connectivity index (χ0v) is 10.9. The van der Waals surface area contributed by atoms with E-state index >= 15 is 0 Å². The van der Waals surface area contributed by atoms with Crippen molar-refractivity contribution < 1.29 is 5.11 Å². The van der Waals surface area contributed by atoms with Crippen LogP contribution in [0.1, 0.15) is 18.5 Å². The highest BCUT2D eigenvalue weighted by Gasteiger charge is 2.16. The van der Waals surface area contributed by atoms with E-state index in [1.165, 1.54) is 0 Å². The summed E-state index contributed by atoms with van der Waals surface area (Å²) in [7, 11) is 2.02. The average Bonchev–Trinajstić information content (AvgIpc) is 2.39. The van der Waals surface area contributed by atoms with Crippen molar-refractivity contribution in [1.29, 1.82) is 0 Å². The lowest BCUT2D eigenvalue weighted by molar-refractivity contribution is 0.264. The fraction of sp³-hybridized carbons (Fsp3) is 0.333. The highest BCUT2D eigenvalue weighted by atomic mass is 16.3. The van der Waals surface area contributed by atoms with Gasteiger partial charge in [-0.1, -0.05) is 36.4 Å². The predicted molar refractivity (Wildman–Crippen MR) is 75.7 cm³/mol. The molecule has 18 heavy (non-hydrogen) atoms. The molecule has 3 N–H and O–H groups in total. The second kappa shape index (κ2) is 5.38. The molecule has 3 nitrogen and oxygen atoms in total. The van der Waals surface area contributed by atoms with Crippen LogP contribution in [0, 0.1) is 0 Å². The van der Waals surface area contributed by atoms with Crippen LogP contribution in [-0.2, 0) is 0 Å². The summed E-state index contributed by atoms with van der Waals surface area (Å²) in [5.74, 6) is 0.379. The minimum Gasteiger partial charge on any atom is -0.507 e. The van der Waals surface area contributed by atoms with Crippen molar-refractivity contribution in [3.8, 4) is 5.75 Å². The van der Waals surface area contributed by atoms with Crippen LogP contribution in [0.4, 0.5) is 0 Å². The first kappa shape index (κ1) is 12.9. The molecule has 96 valence electrons. The molecule has 1 atom stereocenters. The normalized spacial score (nSPS) is 13.1. The maximum absolute atomic E-state index is 10.4. The molecular formula is C15H20N2O. The topological polar surface area (TPSA) is 49.5 Å². The van der Waals surface area contributed by atoms with E-state index in [0.717, 1.165) is 22.9 Å². The molecule has 0 heterocycles. The van der Waals surface area contributed by atoms with Gasteiger partial charge in [-0.05, 0) is 19.4 Å². The zero-order chi connectivity index (χ0) is 13.1. The van der Waals surface area contributed by atoms with Crippen LogP contribution in [0.15, 0.2) is 36.4 Å². The van der Waals surface area contributed by atoms with E-state index < -0.39 is 0 Å². The Kier molecular flexibility index (Phi) is 3.84. The molecule has 0 radical (unpaired) electrons. The molecule has 0 bridgehead atoms. The maximum atomic E-state index is 10.4. The average molecular weight is 244 g/mol. The molecule has 0 saturated carbocycles. The van der Waals surface area contributed by atoms with E-state index in [4.69, 9.17) is 5.73 Å². The lowest BCUT2D eigenvalue weighted by Crippen LogP contribution is -2.28. The van der Waals surface area contributed by atoms with Crippen LogP contribution >= 0.6 is 0 Å². The number of phenolic OH excluding ortho intramolecular Hbond substituents is 1. The molecule has 2 aromatic carbocycles. The van der Waals surface area contributed by atoms with Crippen LogP contribution in [0.25, 0.3) is 10.8 Å². The largest absolute Gasteiger partial charge is 0.507 e. The Morgan fingerprint density at radius 2 is 1.94 bits per heavy atom. The lowest BCUT2D eigenvalue weighted by atomic mass is 10.0. The number of hydrogen-bond acceptors (Lipinski definition) is 3. The van der Waals surface area contributed by atoms with Gasteiger partial charge in [0, 0.05) is 30.1 Å². The number of likely N-dealkylation sites (N-methyl/N-ethyl adjacent to an activating group) is 1. The molecule has 2 rings (SSSR count). The standard InChI is InChI=1S/C15H20N2O/c1-11(17(2)10-9-16)13-8-7-12-5-3-4-6-14(12)15(13)18/h3-8,11,18H,9-10,16H2,1-2H3. The summed E-state index contributed by atoms with van der Waals surface area (Å²) < 4.78 is 0. The van der Waals surface area contributed by atoms with Gasteiger partial charge in [0.15, 0.2) is 0 Å². The second-order valence-corrected chi connectivity index (χ2v) is 4.67.